The smallest absolute Gasteiger partial charge is 0.341 e. The first-order valence-corrected chi connectivity index (χ1v) is 8.10. The SMILES string of the molecule is Cn1ccnc1.[CH3][Mg][Br]. The molecule has 0 unspecified atom stereocenters. The van der Waals surface area contributed by atoms with Gasteiger partial charge in [-0.3, -0.25) is 0 Å². The average molecular weight is 201 g/mol. The third-order valence-electron chi connectivity index (χ3n) is 0.637. The summed E-state index contributed by atoms with van der Waals surface area (Å²) in [4.78, 5) is 3.78. The van der Waals surface area contributed by atoms with Gasteiger partial charge in [-0.15, -0.1) is 5.05 Å². The van der Waals surface area contributed by atoms with Gasteiger partial charge in [0.05, 0.1) is 6.33 Å². The van der Waals surface area contributed by atoms with Gasteiger partial charge in [-0.25, -0.2) is 4.98 Å². The molecule has 1 aromatic heterocycles. The van der Waals surface area contributed by atoms with Gasteiger partial charge in [-0.1, -0.05) is 0 Å². The Morgan fingerprint density at radius 3 is 2.33 bits per heavy atom. The topological polar surface area (TPSA) is 17.8 Å². The summed E-state index contributed by atoms with van der Waals surface area (Å²) in [7, 11) is 1.94. The van der Waals surface area contributed by atoms with Crippen LogP contribution in [-0.4, -0.2) is 27.7 Å². The molecule has 0 saturated heterocycles. The predicted octanol–water partition coefficient (Wildman–Crippen LogP) is 1.47. The van der Waals surface area contributed by atoms with Crippen molar-refractivity contribution in [2.24, 2.45) is 7.05 Å². The van der Waals surface area contributed by atoms with Gasteiger partial charge in [-0.05, 0) is 0 Å². The molecule has 0 radical (unpaired) electrons. The number of hydrogen-bond acceptors (Lipinski definition) is 1. The molecule has 0 spiro atoms. The van der Waals surface area contributed by atoms with Crippen molar-refractivity contribution < 1.29 is 0 Å². The monoisotopic (exact) mass is 200 g/mol. The number of imidazole rings is 1. The van der Waals surface area contributed by atoms with Crippen LogP contribution in [0.25, 0.3) is 0 Å². The van der Waals surface area contributed by atoms with E-state index >= 15 is 0 Å². The van der Waals surface area contributed by atoms with Crippen LogP contribution in [0.15, 0.2) is 18.7 Å². The maximum atomic E-state index is 3.78. The first-order chi connectivity index (χ1) is 4.31. The number of hydrogen-bond donors (Lipinski definition) is 0. The molecular formula is C5H9BrMgN2. The molecule has 4 heteroatoms. The van der Waals surface area contributed by atoms with Crippen LogP contribution in [0, 0.1) is 0 Å². The largest absolute Gasteiger partial charge is 0.465 e. The molecule has 1 aromatic rings. The zero-order chi connectivity index (χ0) is 7.11. The van der Waals surface area contributed by atoms with E-state index in [1.54, 1.807) is 12.5 Å². The van der Waals surface area contributed by atoms with Crippen LogP contribution >= 0.6 is 12.9 Å². The lowest BCUT2D eigenvalue weighted by atomic mass is 10.9. The lowest BCUT2D eigenvalue weighted by molar-refractivity contribution is 0.913. The molecule has 48 valence electrons. The molecule has 0 atom stereocenters. The van der Waals surface area contributed by atoms with Gasteiger partial charge < -0.3 is 17.5 Å². The lowest BCUT2D eigenvalue weighted by Gasteiger charge is -1.76. The highest BCUT2D eigenvalue weighted by Crippen LogP contribution is 1.73. The molecule has 0 aromatic carbocycles. The van der Waals surface area contributed by atoms with E-state index in [2.05, 4.69) is 22.9 Å². The van der Waals surface area contributed by atoms with E-state index in [-0.39, 0.29) is 18.2 Å². The van der Waals surface area contributed by atoms with Crippen LogP contribution < -0.4 is 0 Å². The van der Waals surface area contributed by atoms with E-state index in [1.807, 2.05) is 17.8 Å². The maximum Gasteiger partial charge on any atom is 0.465 e. The zero-order valence-corrected chi connectivity index (χ0v) is 8.71. The van der Waals surface area contributed by atoms with Gasteiger partial charge in [0.25, 0.3) is 0 Å². The van der Waals surface area contributed by atoms with Crippen LogP contribution in [0.1, 0.15) is 0 Å². The lowest BCUT2D eigenvalue weighted by Crippen LogP contribution is -1.76. The van der Waals surface area contributed by atoms with Crippen molar-refractivity contribution in [3.8, 4) is 0 Å². The summed E-state index contributed by atoms with van der Waals surface area (Å²) in [6, 6.07) is 0. The Kier molecular flexibility index (Phi) is 6.91. The quantitative estimate of drug-likeness (QED) is 0.581. The van der Waals surface area contributed by atoms with Crippen molar-refractivity contribution in [2.75, 3.05) is 0 Å². The minimum atomic E-state index is 0.229. The van der Waals surface area contributed by atoms with E-state index < -0.39 is 0 Å². The summed E-state index contributed by atoms with van der Waals surface area (Å²) in [6.45, 7) is 0. The fourth-order valence-electron chi connectivity index (χ4n) is 0.326. The minimum absolute atomic E-state index is 0.229. The summed E-state index contributed by atoms with van der Waals surface area (Å²) in [5.74, 6) is 0. The Hall–Kier alpha value is 0.456. The second kappa shape index (κ2) is 6.57. The minimum Gasteiger partial charge on any atom is -0.341 e. The Bertz CT molecular complexity index is 130. The molecule has 9 heavy (non-hydrogen) atoms. The molecule has 0 fully saturated rings. The van der Waals surface area contributed by atoms with Gasteiger partial charge in [0.2, 0.25) is 0 Å². The number of aryl methyl sites for hydroxylation is 1. The normalized spacial score (nSPS) is 7.00. The third-order valence-corrected chi connectivity index (χ3v) is 0.637. The molecule has 1 heterocycles. The summed E-state index contributed by atoms with van der Waals surface area (Å²) >= 11 is 3.51. The summed E-state index contributed by atoms with van der Waals surface area (Å²) in [5.41, 5.74) is 0. The molecule has 1 rings (SSSR count). The van der Waals surface area contributed by atoms with Crippen LogP contribution in [0.5, 0.6) is 0 Å². The zero-order valence-electron chi connectivity index (χ0n) is 5.71. The van der Waals surface area contributed by atoms with Gasteiger partial charge in [0, 0.05) is 19.4 Å². The van der Waals surface area contributed by atoms with E-state index in [1.165, 1.54) is 0 Å². The van der Waals surface area contributed by atoms with Crippen LogP contribution in [-0.2, 0) is 7.05 Å². The highest BCUT2D eigenvalue weighted by atomic mass is 79.9. The molecular weight excluding hydrogens is 192 g/mol. The number of nitrogens with zero attached hydrogens (tertiary/aromatic N) is 2. The van der Waals surface area contributed by atoms with Crippen molar-refractivity contribution in [1.29, 1.82) is 0 Å². The summed E-state index contributed by atoms with van der Waals surface area (Å²) in [6.07, 6.45) is 5.39. The van der Waals surface area contributed by atoms with E-state index in [4.69, 9.17) is 0 Å². The van der Waals surface area contributed by atoms with Gasteiger partial charge in [0.15, 0.2) is 0 Å². The first-order valence-electron chi connectivity index (χ1n) is 2.79. The molecule has 0 N–H and O–H groups in total. The van der Waals surface area contributed by atoms with Crippen molar-refractivity contribution in [3.63, 3.8) is 0 Å². The Morgan fingerprint density at radius 1 is 1.67 bits per heavy atom. The number of aromatic nitrogens is 2. The second-order valence-corrected chi connectivity index (χ2v) is 5.39. The Morgan fingerprint density at radius 2 is 2.22 bits per heavy atom. The van der Waals surface area contributed by atoms with Crippen LogP contribution in [0.4, 0.5) is 0 Å². The Labute approximate surface area is 71.3 Å². The standard InChI is InChI=1S/C4H6N2.CH3.BrH.Mg/c1-6-3-2-5-4-6;;;/h2-4H,1H3;1H3;1H;/q;;;+1/p-1. The molecule has 0 aliphatic carbocycles. The molecule has 0 saturated carbocycles. The third kappa shape index (κ3) is 6.34. The van der Waals surface area contributed by atoms with E-state index in [0.29, 0.717) is 0 Å². The van der Waals surface area contributed by atoms with Gasteiger partial charge >= 0.3 is 18.2 Å². The first kappa shape index (κ1) is 9.46. The second-order valence-electron chi connectivity index (χ2n) is 1.50. The highest BCUT2D eigenvalue weighted by Gasteiger charge is 1.69. The molecule has 0 aliphatic rings. The fraction of sp³-hybridized carbons (Fsp3) is 0.400. The summed E-state index contributed by atoms with van der Waals surface area (Å²) in [5, 5.41) is 2.18. The van der Waals surface area contributed by atoms with Crippen molar-refractivity contribution in [3.05, 3.63) is 18.7 Å². The van der Waals surface area contributed by atoms with Crippen LogP contribution in [0.3, 0.4) is 0 Å². The Balaban J connectivity index is 0.000000187. The predicted molar refractivity (Wildman–Crippen MR) is 43.8 cm³/mol. The molecule has 0 amide bonds. The van der Waals surface area contributed by atoms with E-state index in [9.17, 15) is 0 Å². The molecule has 2 nitrogen and oxygen atoms in total. The van der Waals surface area contributed by atoms with Gasteiger partial charge in [-0.2, -0.15) is 0 Å². The van der Waals surface area contributed by atoms with Crippen molar-refractivity contribution >= 4 is 31.1 Å². The summed E-state index contributed by atoms with van der Waals surface area (Å²) < 4.78 is 1.89. The number of halogens is 1. The average Bonchev–Trinajstić information content (AvgIpc) is 2.20. The van der Waals surface area contributed by atoms with Crippen molar-refractivity contribution in [1.82, 2.24) is 9.55 Å². The van der Waals surface area contributed by atoms with Gasteiger partial charge in [0.1, 0.15) is 0 Å². The highest BCUT2D eigenvalue weighted by molar-refractivity contribution is 9.23. The molecule has 0 aliphatic heterocycles. The molecule has 0 bridgehead atoms. The van der Waals surface area contributed by atoms with Crippen LogP contribution in [0.2, 0.25) is 5.05 Å². The maximum absolute atomic E-state index is 3.78. The fourth-order valence-corrected chi connectivity index (χ4v) is 0.326. The van der Waals surface area contributed by atoms with Crippen molar-refractivity contribution in [2.45, 2.75) is 5.05 Å². The van der Waals surface area contributed by atoms with E-state index in [0.717, 1.165) is 0 Å². The number of rotatable bonds is 0.